The van der Waals surface area contributed by atoms with Gasteiger partial charge in [0.25, 0.3) is 0 Å². The first kappa shape index (κ1) is 18.0. The molecular weight excluding hydrogens is 274 g/mol. The topological polar surface area (TPSA) is 44.4 Å². The van der Waals surface area contributed by atoms with Crippen LogP contribution in [0.4, 0.5) is 5.69 Å². The van der Waals surface area contributed by atoms with E-state index in [1.807, 2.05) is 37.4 Å². The maximum Gasteiger partial charge on any atom is 0.237 e. The first-order chi connectivity index (χ1) is 10.6. The molecule has 0 heterocycles. The van der Waals surface area contributed by atoms with E-state index in [0.717, 1.165) is 30.6 Å². The molecule has 0 saturated heterocycles. The highest BCUT2D eigenvalue weighted by atomic mass is 16.2. The van der Waals surface area contributed by atoms with Gasteiger partial charge in [0.15, 0.2) is 0 Å². The number of anilines is 1. The molecule has 1 atom stereocenters. The van der Waals surface area contributed by atoms with Gasteiger partial charge < -0.3 is 15.5 Å². The van der Waals surface area contributed by atoms with Crippen molar-refractivity contribution in [1.29, 1.82) is 0 Å². The largest absolute Gasteiger partial charge is 0.372 e. The zero-order valence-corrected chi connectivity index (χ0v) is 13.6. The number of benzene rings is 1. The number of rotatable bonds is 10. The van der Waals surface area contributed by atoms with Crippen LogP contribution in [0.25, 0.3) is 6.08 Å². The molecule has 2 N–H and O–H groups in total. The Balaban J connectivity index is 2.47. The lowest BCUT2D eigenvalue weighted by Gasteiger charge is -2.22. The van der Waals surface area contributed by atoms with Crippen molar-refractivity contribution in [2.24, 2.45) is 0 Å². The number of carbonyl (C=O) groups is 1. The number of nitrogens with zero attached hydrogens (tertiary/aromatic N) is 1. The highest BCUT2D eigenvalue weighted by Crippen LogP contribution is 2.19. The molecule has 1 unspecified atom stereocenters. The second-order valence-corrected chi connectivity index (χ2v) is 5.18. The van der Waals surface area contributed by atoms with Gasteiger partial charge in [-0.15, -0.1) is 6.58 Å². The van der Waals surface area contributed by atoms with Crippen molar-refractivity contribution < 1.29 is 4.79 Å². The Bertz CT molecular complexity index is 499. The number of hydrogen-bond donors (Lipinski definition) is 2. The average Bonchev–Trinajstić information content (AvgIpc) is 2.55. The molecule has 1 aromatic carbocycles. The van der Waals surface area contributed by atoms with E-state index in [2.05, 4.69) is 34.8 Å². The Kier molecular flexibility index (Phi) is 8.00. The van der Waals surface area contributed by atoms with Crippen molar-refractivity contribution in [3.05, 3.63) is 49.1 Å². The molecule has 0 aromatic heterocycles. The van der Waals surface area contributed by atoms with Crippen LogP contribution in [0.5, 0.6) is 0 Å². The molecule has 0 aliphatic carbocycles. The van der Waals surface area contributed by atoms with E-state index in [9.17, 15) is 4.79 Å². The monoisotopic (exact) mass is 301 g/mol. The molecule has 0 bridgehead atoms. The molecule has 22 heavy (non-hydrogen) atoms. The van der Waals surface area contributed by atoms with Crippen molar-refractivity contribution in [3.8, 4) is 0 Å². The molecule has 0 saturated carbocycles. The van der Waals surface area contributed by atoms with Crippen molar-refractivity contribution in [1.82, 2.24) is 10.6 Å². The standard InChI is InChI=1S/C18H27N3O/c1-5-7-11-16(19-3)18(22)20-13-14-21(4)17-12-9-8-10-15(17)6-2/h5-6,8-10,12,16,19H,1-2,7,11,13-14H2,3-4H3,(H,20,22). The average molecular weight is 301 g/mol. The molecule has 120 valence electrons. The number of allylic oxidation sites excluding steroid dienone is 1. The molecule has 0 spiro atoms. The molecule has 0 radical (unpaired) electrons. The van der Waals surface area contributed by atoms with Crippen molar-refractivity contribution in [2.75, 3.05) is 32.1 Å². The van der Waals surface area contributed by atoms with Crippen LogP contribution in [0, 0.1) is 0 Å². The predicted octanol–water partition coefficient (Wildman–Crippen LogP) is 2.44. The van der Waals surface area contributed by atoms with Crippen LogP contribution >= 0.6 is 0 Å². The Hall–Kier alpha value is -2.07. The van der Waals surface area contributed by atoms with Crippen molar-refractivity contribution in [2.45, 2.75) is 18.9 Å². The Labute approximate surface area is 133 Å². The van der Waals surface area contributed by atoms with Gasteiger partial charge in [0.05, 0.1) is 6.04 Å². The first-order valence-electron chi connectivity index (χ1n) is 7.62. The Morgan fingerprint density at radius 3 is 2.73 bits per heavy atom. The third-order valence-corrected chi connectivity index (χ3v) is 3.64. The highest BCUT2D eigenvalue weighted by Gasteiger charge is 2.14. The fourth-order valence-corrected chi connectivity index (χ4v) is 2.29. The van der Waals surface area contributed by atoms with Crippen LogP contribution in [0.1, 0.15) is 18.4 Å². The molecule has 4 heteroatoms. The van der Waals surface area contributed by atoms with Crippen LogP contribution in [0.15, 0.2) is 43.5 Å². The summed E-state index contributed by atoms with van der Waals surface area (Å²) in [6.45, 7) is 8.87. The molecule has 4 nitrogen and oxygen atoms in total. The number of nitrogens with one attached hydrogen (secondary N) is 2. The molecule has 0 fully saturated rings. The van der Waals surface area contributed by atoms with Gasteiger partial charge in [0, 0.05) is 25.8 Å². The minimum Gasteiger partial charge on any atom is -0.372 e. The highest BCUT2D eigenvalue weighted by molar-refractivity contribution is 5.81. The maximum atomic E-state index is 12.1. The van der Waals surface area contributed by atoms with Crippen LogP contribution in [-0.2, 0) is 4.79 Å². The van der Waals surface area contributed by atoms with Crippen LogP contribution in [0.2, 0.25) is 0 Å². The van der Waals surface area contributed by atoms with Crippen molar-refractivity contribution >= 4 is 17.7 Å². The first-order valence-corrected chi connectivity index (χ1v) is 7.62. The van der Waals surface area contributed by atoms with Crippen LogP contribution < -0.4 is 15.5 Å². The van der Waals surface area contributed by atoms with E-state index in [4.69, 9.17) is 0 Å². The minimum atomic E-state index is -0.163. The zero-order chi connectivity index (χ0) is 16.4. The summed E-state index contributed by atoms with van der Waals surface area (Å²) >= 11 is 0. The maximum absolute atomic E-state index is 12.1. The third kappa shape index (κ3) is 5.37. The summed E-state index contributed by atoms with van der Waals surface area (Å²) in [7, 11) is 3.82. The van der Waals surface area contributed by atoms with Gasteiger partial charge in [0.1, 0.15) is 0 Å². The summed E-state index contributed by atoms with van der Waals surface area (Å²) in [5, 5.41) is 6.02. The third-order valence-electron chi connectivity index (χ3n) is 3.64. The van der Waals surface area contributed by atoms with Gasteiger partial charge in [-0.1, -0.05) is 36.9 Å². The second kappa shape index (κ2) is 9.79. The van der Waals surface area contributed by atoms with Gasteiger partial charge >= 0.3 is 0 Å². The molecule has 0 aliphatic heterocycles. The number of likely N-dealkylation sites (N-methyl/N-ethyl adjacent to an activating group) is 2. The molecule has 0 aliphatic rings. The van der Waals surface area contributed by atoms with Crippen molar-refractivity contribution in [3.63, 3.8) is 0 Å². The Morgan fingerprint density at radius 1 is 1.36 bits per heavy atom. The SMILES string of the molecule is C=CCCC(NC)C(=O)NCCN(C)c1ccccc1C=C. The molecular formula is C18H27N3O. The smallest absolute Gasteiger partial charge is 0.237 e. The molecule has 1 rings (SSSR count). The number of para-hydroxylation sites is 1. The number of amides is 1. The number of hydrogen-bond acceptors (Lipinski definition) is 3. The Morgan fingerprint density at radius 2 is 2.09 bits per heavy atom. The van der Waals surface area contributed by atoms with Crippen LogP contribution in [-0.4, -0.2) is 39.1 Å². The second-order valence-electron chi connectivity index (χ2n) is 5.18. The van der Waals surface area contributed by atoms with E-state index in [1.54, 1.807) is 7.05 Å². The lowest BCUT2D eigenvalue weighted by Crippen LogP contribution is -2.44. The molecule has 1 amide bonds. The fraction of sp³-hybridized carbons (Fsp3) is 0.389. The minimum absolute atomic E-state index is 0.0368. The summed E-state index contributed by atoms with van der Waals surface area (Å²) < 4.78 is 0. The lowest BCUT2D eigenvalue weighted by molar-refractivity contribution is -0.123. The summed E-state index contributed by atoms with van der Waals surface area (Å²) in [5.74, 6) is 0.0368. The van der Waals surface area contributed by atoms with Gasteiger partial charge in [-0.25, -0.2) is 0 Å². The van der Waals surface area contributed by atoms with E-state index < -0.39 is 0 Å². The van der Waals surface area contributed by atoms with Gasteiger partial charge in [-0.2, -0.15) is 0 Å². The lowest BCUT2D eigenvalue weighted by atomic mass is 10.1. The van der Waals surface area contributed by atoms with E-state index in [0.29, 0.717) is 6.54 Å². The van der Waals surface area contributed by atoms with E-state index in [-0.39, 0.29) is 11.9 Å². The zero-order valence-electron chi connectivity index (χ0n) is 13.6. The van der Waals surface area contributed by atoms with Gasteiger partial charge in [0.2, 0.25) is 5.91 Å². The van der Waals surface area contributed by atoms with Gasteiger partial charge in [-0.3, -0.25) is 4.79 Å². The fourth-order valence-electron chi connectivity index (χ4n) is 2.29. The quantitative estimate of drug-likeness (QED) is 0.652. The summed E-state index contributed by atoms with van der Waals surface area (Å²) in [4.78, 5) is 14.2. The van der Waals surface area contributed by atoms with E-state index in [1.165, 1.54) is 0 Å². The summed E-state index contributed by atoms with van der Waals surface area (Å²) in [5.41, 5.74) is 2.21. The van der Waals surface area contributed by atoms with Crippen LogP contribution in [0.3, 0.4) is 0 Å². The normalized spacial score (nSPS) is 11.5. The summed E-state index contributed by atoms with van der Waals surface area (Å²) in [6, 6.07) is 7.92. The number of carbonyl (C=O) groups excluding carboxylic acids is 1. The summed E-state index contributed by atoms with van der Waals surface area (Å²) in [6.07, 6.45) is 5.26. The predicted molar refractivity (Wildman–Crippen MR) is 95.1 cm³/mol. The van der Waals surface area contributed by atoms with E-state index >= 15 is 0 Å². The van der Waals surface area contributed by atoms with Gasteiger partial charge in [-0.05, 0) is 31.5 Å². The molecule has 1 aromatic rings.